The molecule has 1 aromatic rings. The molecule has 0 saturated carbocycles. The van der Waals surface area contributed by atoms with Gasteiger partial charge < -0.3 is 10.1 Å². The minimum atomic E-state index is 0.259. The molecule has 2 atom stereocenters. The van der Waals surface area contributed by atoms with Crippen LogP contribution in [0.3, 0.4) is 0 Å². The van der Waals surface area contributed by atoms with E-state index in [0.717, 1.165) is 19.6 Å². The van der Waals surface area contributed by atoms with Gasteiger partial charge >= 0.3 is 0 Å². The third-order valence-electron chi connectivity index (χ3n) is 4.14. The molecule has 0 heterocycles. The van der Waals surface area contributed by atoms with Gasteiger partial charge in [-0.1, -0.05) is 38.5 Å². The molecule has 0 bridgehead atoms. The first-order chi connectivity index (χ1) is 9.90. The van der Waals surface area contributed by atoms with Crippen molar-refractivity contribution in [2.75, 3.05) is 13.2 Å². The Kier molecular flexibility index (Phi) is 7.41. The van der Waals surface area contributed by atoms with Crippen molar-refractivity contribution in [2.45, 2.75) is 67.0 Å². The fourth-order valence-electron chi connectivity index (χ4n) is 3.28. The first-order valence-electron chi connectivity index (χ1n) is 8.32. The van der Waals surface area contributed by atoms with Crippen molar-refractivity contribution in [3.05, 3.63) is 34.4 Å². The Labute approximate surface area is 131 Å². The summed E-state index contributed by atoms with van der Waals surface area (Å²) < 4.78 is 6.03. The summed E-state index contributed by atoms with van der Waals surface area (Å²) in [5, 5.41) is 3.64. The largest absolute Gasteiger partial charge is 0.377 e. The molecule has 1 N–H and O–H groups in total. The van der Waals surface area contributed by atoms with Crippen LogP contribution in [-0.2, 0) is 11.2 Å². The zero-order chi connectivity index (χ0) is 16.0. The average Bonchev–Trinajstić information content (AvgIpc) is 2.38. The zero-order valence-corrected chi connectivity index (χ0v) is 14.9. The molecule has 1 rings (SSSR count). The first kappa shape index (κ1) is 18.2. The van der Waals surface area contributed by atoms with Gasteiger partial charge in [-0.15, -0.1) is 0 Å². The normalized spacial score (nSPS) is 14.5. The van der Waals surface area contributed by atoms with Gasteiger partial charge in [-0.2, -0.15) is 0 Å². The smallest absolute Gasteiger partial charge is 0.0753 e. The number of aryl methyl sites for hydroxylation is 3. The number of hydrogen-bond acceptors (Lipinski definition) is 2. The molecule has 2 unspecified atom stereocenters. The van der Waals surface area contributed by atoms with E-state index < -0.39 is 0 Å². The standard InChI is InChI=1S/C19H33NO/c1-8-20-18(19(13(3)4)21-9-2)12-17-15(6)10-14(5)11-16(17)7/h10-11,13,18-20H,8-9,12H2,1-7H3. The van der Waals surface area contributed by atoms with E-state index >= 15 is 0 Å². The van der Waals surface area contributed by atoms with Crippen LogP contribution in [0.1, 0.15) is 49.9 Å². The SMILES string of the molecule is CCNC(Cc1c(C)cc(C)cc1C)C(OCC)C(C)C. The number of ether oxygens (including phenoxy) is 1. The summed E-state index contributed by atoms with van der Waals surface area (Å²) in [7, 11) is 0. The van der Waals surface area contributed by atoms with Gasteiger partial charge in [0.25, 0.3) is 0 Å². The number of likely N-dealkylation sites (N-methyl/N-ethyl adjacent to an activating group) is 1. The van der Waals surface area contributed by atoms with E-state index in [1.807, 2.05) is 0 Å². The molecule has 0 radical (unpaired) electrons. The highest BCUT2D eigenvalue weighted by atomic mass is 16.5. The number of nitrogens with one attached hydrogen (secondary N) is 1. The maximum atomic E-state index is 6.03. The van der Waals surface area contributed by atoms with Crippen molar-refractivity contribution in [3.8, 4) is 0 Å². The van der Waals surface area contributed by atoms with Crippen molar-refractivity contribution in [1.29, 1.82) is 0 Å². The van der Waals surface area contributed by atoms with E-state index in [2.05, 4.69) is 65.9 Å². The Balaban J connectivity index is 3.02. The van der Waals surface area contributed by atoms with Crippen LogP contribution in [0.5, 0.6) is 0 Å². The summed E-state index contributed by atoms with van der Waals surface area (Å²) in [5.41, 5.74) is 5.61. The first-order valence-corrected chi connectivity index (χ1v) is 8.32. The van der Waals surface area contributed by atoms with Crippen LogP contribution in [-0.4, -0.2) is 25.3 Å². The summed E-state index contributed by atoms with van der Waals surface area (Å²) in [4.78, 5) is 0. The molecule has 0 aliphatic carbocycles. The monoisotopic (exact) mass is 291 g/mol. The molecule has 120 valence electrons. The lowest BCUT2D eigenvalue weighted by atomic mass is 9.89. The van der Waals surface area contributed by atoms with Crippen LogP contribution in [0.4, 0.5) is 0 Å². The highest BCUT2D eigenvalue weighted by Gasteiger charge is 2.25. The molecule has 2 heteroatoms. The minimum Gasteiger partial charge on any atom is -0.377 e. The highest BCUT2D eigenvalue weighted by Crippen LogP contribution is 2.22. The van der Waals surface area contributed by atoms with Crippen molar-refractivity contribution in [1.82, 2.24) is 5.32 Å². The molecule has 0 saturated heterocycles. The predicted molar refractivity (Wildman–Crippen MR) is 92.1 cm³/mol. The summed E-state index contributed by atoms with van der Waals surface area (Å²) in [6.45, 7) is 17.1. The Morgan fingerprint density at radius 1 is 1.05 bits per heavy atom. The van der Waals surface area contributed by atoms with Crippen LogP contribution in [0.25, 0.3) is 0 Å². The van der Waals surface area contributed by atoms with Gasteiger partial charge in [0, 0.05) is 12.6 Å². The summed E-state index contributed by atoms with van der Waals surface area (Å²) in [5.74, 6) is 0.514. The second kappa shape index (κ2) is 8.55. The molecular formula is C19H33NO. The predicted octanol–water partition coefficient (Wildman–Crippen LogP) is 4.19. The molecule has 0 aliphatic heterocycles. The molecule has 1 aromatic carbocycles. The number of benzene rings is 1. The van der Waals surface area contributed by atoms with Gasteiger partial charge in [-0.05, 0) is 63.3 Å². The van der Waals surface area contributed by atoms with Crippen LogP contribution in [0, 0.1) is 26.7 Å². The molecule has 21 heavy (non-hydrogen) atoms. The summed E-state index contributed by atoms with van der Waals surface area (Å²) >= 11 is 0. The van der Waals surface area contributed by atoms with Crippen molar-refractivity contribution in [3.63, 3.8) is 0 Å². The molecule has 0 aromatic heterocycles. The maximum absolute atomic E-state index is 6.03. The topological polar surface area (TPSA) is 21.3 Å². The Morgan fingerprint density at radius 2 is 1.62 bits per heavy atom. The van der Waals surface area contributed by atoms with Gasteiger partial charge in [0.2, 0.25) is 0 Å². The third-order valence-corrected chi connectivity index (χ3v) is 4.14. The Bertz CT molecular complexity index is 416. The van der Waals surface area contributed by atoms with Gasteiger partial charge in [-0.3, -0.25) is 0 Å². The molecule has 2 nitrogen and oxygen atoms in total. The van der Waals surface area contributed by atoms with E-state index in [1.54, 1.807) is 0 Å². The lowest BCUT2D eigenvalue weighted by Crippen LogP contribution is -2.46. The lowest BCUT2D eigenvalue weighted by Gasteiger charge is -2.31. The van der Waals surface area contributed by atoms with E-state index in [0.29, 0.717) is 12.0 Å². The van der Waals surface area contributed by atoms with Crippen LogP contribution < -0.4 is 5.32 Å². The Hall–Kier alpha value is -0.860. The van der Waals surface area contributed by atoms with Gasteiger partial charge in [-0.25, -0.2) is 0 Å². The molecule has 0 spiro atoms. The van der Waals surface area contributed by atoms with Gasteiger partial charge in [0.1, 0.15) is 0 Å². The van der Waals surface area contributed by atoms with Crippen molar-refractivity contribution >= 4 is 0 Å². The molecule has 0 aliphatic rings. The summed E-state index contributed by atoms with van der Waals surface area (Å²) in [6, 6.07) is 4.95. The van der Waals surface area contributed by atoms with Crippen LogP contribution >= 0.6 is 0 Å². The van der Waals surface area contributed by atoms with Crippen molar-refractivity contribution < 1.29 is 4.74 Å². The van der Waals surface area contributed by atoms with E-state index in [1.165, 1.54) is 22.3 Å². The second-order valence-corrected chi connectivity index (χ2v) is 6.41. The fourth-order valence-corrected chi connectivity index (χ4v) is 3.28. The third kappa shape index (κ3) is 5.12. The van der Waals surface area contributed by atoms with Crippen molar-refractivity contribution in [2.24, 2.45) is 5.92 Å². The van der Waals surface area contributed by atoms with Crippen LogP contribution in [0.15, 0.2) is 12.1 Å². The number of hydrogen-bond donors (Lipinski definition) is 1. The van der Waals surface area contributed by atoms with Gasteiger partial charge in [0.05, 0.1) is 6.10 Å². The van der Waals surface area contributed by atoms with Gasteiger partial charge in [0.15, 0.2) is 0 Å². The highest BCUT2D eigenvalue weighted by molar-refractivity contribution is 5.38. The summed E-state index contributed by atoms with van der Waals surface area (Å²) in [6.07, 6.45) is 1.30. The minimum absolute atomic E-state index is 0.259. The molecule has 0 amide bonds. The maximum Gasteiger partial charge on any atom is 0.0753 e. The number of rotatable bonds is 8. The van der Waals surface area contributed by atoms with E-state index in [9.17, 15) is 0 Å². The second-order valence-electron chi connectivity index (χ2n) is 6.41. The fraction of sp³-hybridized carbons (Fsp3) is 0.684. The van der Waals surface area contributed by atoms with E-state index in [-0.39, 0.29) is 6.10 Å². The average molecular weight is 291 g/mol. The Morgan fingerprint density at radius 3 is 2.05 bits per heavy atom. The quantitative estimate of drug-likeness (QED) is 0.775. The molecular weight excluding hydrogens is 258 g/mol. The van der Waals surface area contributed by atoms with Crippen LogP contribution in [0.2, 0.25) is 0 Å². The zero-order valence-electron chi connectivity index (χ0n) is 14.9. The lowest BCUT2D eigenvalue weighted by molar-refractivity contribution is 0.00390. The molecule has 0 fully saturated rings. The van der Waals surface area contributed by atoms with E-state index in [4.69, 9.17) is 4.74 Å².